The monoisotopic (exact) mass is 420 g/mol. The predicted molar refractivity (Wildman–Crippen MR) is 108 cm³/mol. The molecule has 1 aromatic heterocycles. The summed E-state index contributed by atoms with van der Waals surface area (Å²) < 4.78 is 18.2. The van der Waals surface area contributed by atoms with Gasteiger partial charge in [0, 0.05) is 12.5 Å². The first kappa shape index (κ1) is 20.5. The van der Waals surface area contributed by atoms with Crippen LogP contribution in [0.5, 0.6) is 5.75 Å². The van der Waals surface area contributed by atoms with Crippen LogP contribution in [-0.2, 0) is 0 Å². The number of rotatable bonds is 8. The Bertz CT molecular complexity index is 940. The van der Waals surface area contributed by atoms with Crippen molar-refractivity contribution < 1.29 is 29.1 Å². The molecule has 0 fully saturated rings. The molecule has 0 bridgehead atoms. The van der Waals surface area contributed by atoms with Gasteiger partial charge in [0.1, 0.15) is 5.75 Å². The van der Waals surface area contributed by atoms with E-state index in [1.165, 1.54) is 6.21 Å². The molecule has 1 aromatic carbocycles. The molecular weight excluding hydrogens is 400 g/mol. The van der Waals surface area contributed by atoms with E-state index in [9.17, 15) is 9.59 Å². The normalized spacial score (nSPS) is 15.7. The molecule has 29 heavy (non-hydrogen) atoms. The highest BCUT2D eigenvalue weighted by Crippen LogP contribution is 2.54. The van der Waals surface area contributed by atoms with Crippen molar-refractivity contribution >= 4 is 32.9 Å². The van der Waals surface area contributed by atoms with Gasteiger partial charge in [-0.1, -0.05) is 5.16 Å². The summed E-state index contributed by atoms with van der Waals surface area (Å²) in [5.74, 6) is 1.77. The van der Waals surface area contributed by atoms with Crippen LogP contribution in [0.2, 0.25) is 0 Å². The van der Waals surface area contributed by atoms with E-state index in [2.05, 4.69) is 18.9 Å². The van der Waals surface area contributed by atoms with Gasteiger partial charge in [-0.15, -0.1) is 0 Å². The summed E-state index contributed by atoms with van der Waals surface area (Å²) in [5, 5.41) is 19.0. The van der Waals surface area contributed by atoms with Crippen LogP contribution in [0, 0.1) is 6.92 Å². The zero-order valence-corrected chi connectivity index (χ0v) is 16.5. The van der Waals surface area contributed by atoms with Gasteiger partial charge in [-0.05, 0) is 49.9 Å². The van der Waals surface area contributed by atoms with Crippen molar-refractivity contribution in [2.24, 2.45) is 8.80 Å². The number of carboxylic acid groups (broad SMARTS) is 2. The Morgan fingerprint density at radius 2 is 1.83 bits per heavy atom. The SMILES string of the molecule is Cc1nc(-c2ccc(OCCCCCC3=NS(C(=O)O)(C(=O)O)N=C3)cc2)no1. The fourth-order valence-corrected chi connectivity index (χ4v) is 3.88. The third kappa shape index (κ3) is 4.80. The maximum Gasteiger partial charge on any atom is 0.396 e. The molecule has 0 saturated heterocycles. The Labute approximate surface area is 167 Å². The summed E-state index contributed by atoms with van der Waals surface area (Å²) >= 11 is 0. The molecule has 2 heterocycles. The summed E-state index contributed by atoms with van der Waals surface area (Å²) in [5.41, 5.74) is 1.26. The van der Waals surface area contributed by atoms with E-state index in [-0.39, 0.29) is 0 Å². The van der Waals surface area contributed by atoms with Crippen molar-refractivity contribution in [1.82, 2.24) is 10.1 Å². The minimum atomic E-state index is -3.40. The van der Waals surface area contributed by atoms with E-state index in [4.69, 9.17) is 19.5 Å². The van der Waals surface area contributed by atoms with Crippen LogP contribution in [0.25, 0.3) is 11.4 Å². The molecule has 0 amide bonds. The Morgan fingerprint density at radius 3 is 2.41 bits per heavy atom. The fraction of sp³-hybridized carbons (Fsp3) is 0.333. The van der Waals surface area contributed by atoms with Crippen LogP contribution < -0.4 is 4.74 Å². The summed E-state index contributed by atoms with van der Waals surface area (Å²) in [6.45, 7) is 2.26. The average molecular weight is 420 g/mol. The molecule has 0 unspecified atom stereocenters. The molecule has 0 spiro atoms. The number of unbranched alkanes of at least 4 members (excludes halogenated alkanes) is 2. The van der Waals surface area contributed by atoms with Gasteiger partial charge in [0.15, 0.2) is 10.4 Å². The van der Waals surface area contributed by atoms with Crippen molar-refractivity contribution in [3.05, 3.63) is 30.2 Å². The molecular formula is C18H20N4O6S. The molecule has 0 radical (unpaired) electrons. The summed E-state index contributed by atoms with van der Waals surface area (Å²) in [7, 11) is -3.40. The van der Waals surface area contributed by atoms with Crippen LogP contribution >= 0.6 is 10.4 Å². The highest BCUT2D eigenvalue weighted by atomic mass is 32.3. The second-order valence-corrected chi connectivity index (χ2v) is 8.41. The first-order valence-electron chi connectivity index (χ1n) is 8.87. The molecule has 1 aliphatic rings. The van der Waals surface area contributed by atoms with Crippen LogP contribution in [-0.4, -0.2) is 49.5 Å². The highest BCUT2D eigenvalue weighted by molar-refractivity contribution is 8.53. The minimum absolute atomic E-state index is 0.415. The molecule has 10 nitrogen and oxygen atoms in total. The lowest BCUT2D eigenvalue weighted by atomic mass is 10.1. The van der Waals surface area contributed by atoms with Gasteiger partial charge < -0.3 is 19.5 Å². The maximum atomic E-state index is 11.2. The number of nitrogens with zero attached hydrogens (tertiary/aromatic N) is 4. The second kappa shape index (κ2) is 8.86. The number of aryl methyl sites for hydroxylation is 1. The fourth-order valence-electron chi connectivity index (χ4n) is 2.60. The molecule has 0 aliphatic carbocycles. The van der Waals surface area contributed by atoms with Gasteiger partial charge in [-0.3, -0.25) is 0 Å². The lowest BCUT2D eigenvalue weighted by Crippen LogP contribution is -2.12. The average Bonchev–Trinajstić information content (AvgIpc) is 3.32. The van der Waals surface area contributed by atoms with Crippen LogP contribution in [0.3, 0.4) is 0 Å². The third-order valence-corrected chi connectivity index (χ3v) is 5.96. The van der Waals surface area contributed by atoms with Gasteiger partial charge in [0.05, 0.1) is 18.5 Å². The molecule has 154 valence electrons. The highest BCUT2D eigenvalue weighted by Gasteiger charge is 2.43. The van der Waals surface area contributed by atoms with E-state index >= 15 is 0 Å². The smallest absolute Gasteiger partial charge is 0.396 e. The zero-order valence-electron chi connectivity index (χ0n) is 15.6. The van der Waals surface area contributed by atoms with E-state index in [1.807, 2.05) is 24.3 Å². The number of ether oxygens (including phenoxy) is 1. The second-order valence-electron chi connectivity index (χ2n) is 6.22. The van der Waals surface area contributed by atoms with Gasteiger partial charge in [0.2, 0.25) is 11.7 Å². The minimum Gasteiger partial charge on any atom is -0.494 e. The van der Waals surface area contributed by atoms with Crippen molar-refractivity contribution in [3.8, 4) is 17.1 Å². The van der Waals surface area contributed by atoms with Gasteiger partial charge >= 0.3 is 10.6 Å². The summed E-state index contributed by atoms with van der Waals surface area (Å²) in [6.07, 6.45) is 4.11. The molecule has 11 heteroatoms. The lowest BCUT2D eigenvalue weighted by Gasteiger charge is -2.16. The molecule has 1 aliphatic heterocycles. The number of aromatic nitrogens is 2. The summed E-state index contributed by atoms with van der Waals surface area (Å²) in [4.78, 5) is 26.5. The van der Waals surface area contributed by atoms with Gasteiger partial charge in [0.25, 0.3) is 0 Å². The third-order valence-electron chi connectivity index (χ3n) is 4.08. The molecule has 0 atom stereocenters. The molecule has 3 rings (SSSR count). The Balaban J connectivity index is 1.38. The largest absolute Gasteiger partial charge is 0.494 e. The van der Waals surface area contributed by atoms with Gasteiger partial charge in [-0.2, -0.15) is 4.98 Å². The Hall–Kier alpha value is -3.21. The predicted octanol–water partition coefficient (Wildman–Crippen LogP) is 4.50. The van der Waals surface area contributed by atoms with Crippen molar-refractivity contribution in [2.45, 2.75) is 32.6 Å². The Kier molecular flexibility index (Phi) is 6.27. The van der Waals surface area contributed by atoms with E-state index in [0.29, 0.717) is 30.5 Å². The van der Waals surface area contributed by atoms with Crippen LogP contribution in [0.1, 0.15) is 31.6 Å². The van der Waals surface area contributed by atoms with Crippen molar-refractivity contribution in [3.63, 3.8) is 0 Å². The molecule has 2 N–H and O–H groups in total. The zero-order chi connectivity index (χ0) is 20.9. The first-order chi connectivity index (χ1) is 13.9. The van der Waals surface area contributed by atoms with Crippen LogP contribution in [0.4, 0.5) is 9.59 Å². The molecule has 0 saturated carbocycles. The quantitative estimate of drug-likeness (QED) is 0.593. The Morgan fingerprint density at radius 1 is 1.10 bits per heavy atom. The number of benzene rings is 1. The topological polar surface area (TPSA) is 147 Å². The molecule has 2 aromatic rings. The number of hydrogen-bond acceptors (Lipinski definition) is 8. The lowest BCUT2D eigenvalue weighted by molar-refractivity contribution is 0.215. The number of hydrogen-bond donors (Lipinski definition) is 2. The van der Waals surface area contributed by atoms with E-state index < -0.39 is 21.0 Å². The van der Waals surface area contributed by atoms with E-state index in [1.54, 1.807) is 6.92 Å². The standard InChI is InChI=1S/C18H20N4O6S/c1-12-20-16(21-28-12)13-6-8-15(9-7-13)27-10-4-2-3-5-14-11-19-29(22-14,17(23)24)18(25)26/h6-9,11H,2-5,10H2,1H3,(H,23,24)(H,25,26). The summed E-state index contributed by atoms with van der Waals surface area (Å²) in [6, 6.07) is 7.39. The van der Waals surface area contributed by atoms with E-state index in [0.717, 1.165) is 30.6 Å². The van der Waals surface area contributed by atoms with Gasteiger partial charge in [-0.25, -0.2) is 18.4 Å². The number of carbonyl (C=O) groups is 2. The maximum absolute atomic E-state index is 11.2. The van der Waals surface area contributed by atoms with Crippen molar-refractivity contribution in [1.29, 1.82) is 0 Å². The van der Waals surface area contributed by atoms with Crippen LogP contribution in [0.15, 0.2) is 37.6 Å². The van der Waals surface area contributed by atoms with Crippen molar-refractivity contribution in [2.75, 3.05) is 6.61 Å². The first-order valence-corrected chi connectivity index (χ1v) is 10.4.